The van der Waals surface area contributed by atoms with E-state index in [1.54, 1.807) is 0 Å². The van der Waals surface area contributed by atoms with Gasteiger partial charge in [-0.1, -0.05) is 19.3 Å². The lowest BCUT2D eigenvalue weighted by Gasteiger charge is -2.43. The van der Waals surface area contributed by atoms with Crippen LogP contribution in [-0.4, -0.2) is 46.0 Å². The largest absolute Gasteiger partial charge is 0.294 e. The maximum atomic E-state index is 3.14. The van der Waals surface area contributed by atoms with E-state index in [4.69, 9.17) is 0 Å². The van der Waals surface area contributed by atoms with Crippen LogP contribution in [0.4, 0.5) is 0 Å². The molecule has 1 heterocycles. The molecular weight excluding hydrogens is 318 g/mol. The Kier molecular flexibility index (Phi) is 5.57. The smallest absolute Gasteiger partial charge is 0.0133 e. The van der Waals surface area contributed by atoms with Gasteiger partial charge < -0.3 is 0 Å². The van der Waals surface area contributed by atoms with E-state index in [0.29, 0.717) is 0 Å². The zero-order valence-electron chi connectivity index (χ0n) is 15.1. The van der Waals surface area contributed by atoms with Gasteiger partial charge in [-0.3, -0.25) is 4.90 Å². The van der Waals surface area contributed by atoms with Crippen molar-refractivity contribution in [3.8, 4) is 0 Å². The molecule has 23 heavy (non-hydrogen) atoms. The molecule has 4 fully saturated rings. The molecule has 0 aromatic heterocycles. The predicted molar refractivity (Wildman–Crippen MR) is 106 cm³/mol. The monoisotopic (exact) mass is 353 g/mol. The Morgan fingerprint density at radius 1 is 0.652 bits per heavy atom. The Balaban J connectivity index is 1.56. The highest BCUT2D eigenvalue weighted by molar-refractivity contribution is 7.99. The maximum Gasteiger partial charge on any atom is 0.0133 e. The fourth-order valence-electron chi connectivity index (χ4n) is 6.55. The van der Waals surface area contributed by atoms with Crippen molar-refractivity contribution in [2.24, 2.45) is 11.8 Å². The van der Waals surface area contributed by atoms with Crippen LogP contribution in [0.1, 0.15) is 70.6 Å². The quantitative estimate of drug-likeness (QED) is 0.665. The molecule has 0 spiro atoms. The van der Waals surface area contributed by atoms with Crippen molar-refractivity contribution >= 4 is 23.5 Å². The van der Waals surface area contributed by atoms with Gasteiger partial charge in [0.1, 0.15) is 0 Å². The number of rotatable bonds is 3. The summed E-state index contributed by atoms with van der Waals surface area (Å²) < 4.78 is 0. The molecule has 0 aromatic carbocycles. The number of hydrogen-bond donors (Lipinski definition) is 0. The standard InChI is InChI=1S/C20H35NS2/c1-22-15-8-10-19-17(12-15)18-13-16(23-2)9-11-20(18)21(19)14-6-4-3-5-7-14/h14-20H,3-13H2,1-2H3. The van der Waals surface area contributed by atoms with E-state index < -0.39 is 0 Å². The molecule has 1 nitrogen and oxygen atoms in total. The molecule has 3 saturated carbocycles. The van der Waals surface area contributed by atoms with Gasteiger partial charge in [0.05, 0.1) is 0 Å². The summed E-state index contributed by atoms with van der Waals surface area (Å²) in [5.74, 6) is 2.06. The molecule has 0 bridgehead atoms. The van der Waals surface area contributed by atoms with Crippen LogP contribution in [0, 0.1) is 11.8 Å². The molecule has 0 radical (unpaired) electrons. The molecule has 3 aliphatic carbocycles. The molecule has 4 aliphatic rings. The average Bonchev–Trinajstić information content (AvgIpc) is 2.95. The van der Waals surface area contributed by atoms with Crippen LogP contribution in [0.25, 0.3) is 0 Å². The second-order valence-electron chi connectivity index (χ2n) is 8.54. The normalized spacial score (nSPS) is 45.7. The first kappa shape index (κ1) is 17.1. The van der Waals surface area contributed by atoms with Gasteiger partial charge in [-0.25, -0.2) is 0 Å². The molecular formula is C20H35NS2. The van der Waals surface area contributed by atoms with Crippen LogP contribution >= 0.6 is 23.5 Å². The van der Waals surface area contributed by atoms with E-state index in [-0.39, 0.29) is 0 Å². The number of fused-ring (bicyclic) bond motifs is 3. The van der Waals surface area contributed by atoms with Crippen LogP contribution in [-0.2, 0) is 0 Å². The second kappa shape index (κ2) is 7.50. The van der Waals surface area contributed by atoms with Gasteiger partial charge >= 0.3 is 0 Å². The van der Waals surface area contributed by atoms with Gasteiger partial charge in [-0.05, 0) is 75.7 Å². The molecule has 0 aromatic rings. The fourth-order valence-corrected chi connectivity index (χ4v) is 8.13. The van der Waals surface area contributed by atoms with Crippen molar-refractivity contribution in [3.05, 3.63) is 0 Å². The van der Waals surface area contributed by atoms with E-state index in [9.17, 15) is 0 Å². The molecule has 1 aliphatic heterocycles. The number of likely N-dealkylation sites (tertiary alicyclic amines) is 1. The first-order valence-corrected chi connectivity index (χ1v) is 12.7. The highest BCUT2D eigenvalue weighted by atomic mass is 32.2. The summed E-state index contributed by atoms with van der Waals surface area (Å²) in [4.78, 5) is 3.14. The van der Waals surface area contributed by atoms with Gasteiger partial charge in [0.25, 0.3) is 0 Å². The van der Waals surface area contributed by atoms with Crippen molar-refractivity contribution < 1.29 is 0 Å². The van der Waals surface area contributed by atoms with Crippen molar-refractivity contribution in [1.29, 1.82) is 0 Å². The van der Waals surface area contributed by atoms with Gasteiger partial charge in [-0.15, -0.1) is 0 Å². The van der Waals surface area contributed by atoms with E-state index >= 15 is 0 Å². The average molecular weight is 354 g/mol. The predicted octanol–water partition coefficient (Wildman–Crippen LogP) is 5.44. The highest BCUT2D eigenvalue weighted by Gasteiger charge is 2.53. The number of nitrogens with zero attached hydrogens (tertiary/aromatic N) is 1. The molecule has 0 N–H and O–H groups in total. The minimum absolute atomic E-state index is 0.947. The minimum atomic E-state index is 0.947. The van der Waals surface area contributed by atoms with Crippen molar-refractivity contribution in [2.75, 3.05) is 12.5 Å². The molecule has 0 amide bonds. The summed E-state index contributed by atoms with van der Waals surface area (Å²) in [6.45, 7) is 0. The lowest BCUT2D eigenvalue weighted by Crippen LogP contribution is -2.48. The van der Waals surface area contributed by atoms with Crippen LogP contribution in [0.15, 0.2) is 0 Å². The fraction of sp³-hybridized carbons (Fsp3) is 1.00. The Bertz CT molecular complexity index is 363. The zero-order chi connectivity index (χ0) is 15.8. The Labute approximate surface area is 152 Å². The Hall–Kier alpha value is 0.660. The van der Waals surface area contributed by atoms with Crippen molar-refractivity contribution in [3.63, 3.8) is 0 Å². The van der Waals surface area contributed by atoms with Gasteiger partial charge in [0, 0.05) is 28.6 Å². The van der Waals surface area contributed by atoms with E-state index in [1.807, 2.05) is 0 Å². The molecule has 1 saturated heterocycles. The topological polar surface area (TPSA) is 3.24 Å². The molecule has 6 atom stereocenters. The summed E-state index contributed by atoms with van der Waals surface area (Å²) in [6, 6.07) is 2.86. The summed E-state index contributed by atoms with van der Waals surface area (Å²) in [7, 11) is 0. The third-order valence-electron chi connectivity index (χ3n) is 7.61. The molecule has 4 rings (SSSR count). The summed E-state index contributed by atoms with van der Waals surface area (Å²) >= 11 is 4.31. The van der Waals surface area contributed by atoms with Gasteiger partial charge in [-0.2, -0.15) is 23.5 Å². The minimum Gasteiger partial charge on any atom is -0.294 e. The Morgan fingerprint density at radius 2 is 1.17 bits per heavy atom. The van der Waals surface area contributed by atoms with Gasteiger partial charge in [0.2, 0.25) is 0 Å². The maximum absolute atomic E-state index is 3.14. The van der Waals surface area contributed by atoms with Crippen molar-refractivity contribution in [2.45, 2.75) is 99.3 Å². The summed E-state index contributed by atoms with van der Waals surface area (Å²) in [6.07, 6.45) is 21.2. The lowest BCUT2D eigenvalue weighted by atomic mass is 9.73. The molecule has 132 valence electrons. The third-order valence-corrected chi connectivity index (χ3v) is 9.80. The number of thioether (sulfide) groups is 2. The first-order valence-electron chi connectivity index (χ1n) is 10.1. The highest BCUT2D eigenvalue weighted by Crippen LogP contribution is 2.53. The first-order chi connectivity index (χ1) is 11.3. The Morgan fingerprint density at radius 3 is 1.65 bits per heavy atom. The molecule has 3 heteroatoms. The lowest BCUT2D eigenvalue weighted by molar-refractivity contribution is 0.0663. The second-order valence-corrected chi connectivity index (χ2v) is 10.8. The summed E-state index contributed by atoms with van der Waals surface area (Å²) in [5, 5.41) is 1.91. The van der Waals surface area contributed by atoms with Crippen LogP contribution in [0.3, 0.4) is 0 Å². The van der Waals surface area contributed by atoms with Gasteiger partial charge in [0.15, 0.2) is 0 Å². The van der Waals surface area contributed by atoms with Crippen LogP contribution < -0.4 is 0 Å². The molecule has 6 unspecified atom stereocenters. The van der Waals surface area contributed by atoms with Crippen molar-refractivity contribution in [1.82, 2.24) is 4.90 Å². The SMILES string of the molecule is CSC1CCC2C(C1)C1CC(SC)CCC1N2C1CCCCC1. The van der Waals surface area contributed by atoms with E-state index in [1.165, 1.54) is 70.6 Å². The van der Waals surface area contributed by atoms with Crippen LogP contribution in [0.2, 0.25) is 0 Å². The third kappa shape index (κ3) is 3.24. The number of hydrogen-bond acceptors (Lipinski definition) is 3. The van der Waals surface area contributed by atoms with E-state index in [2.05, 4.69) is 40.9 Å². The summed E-state index contributed by atoms with van der Waals surface area (Å²) in [5.41, 5.74) is 0. The van der Waals surface area contributed by atoms with Crippen LogP contribution in [0.5, 0.6) is 0 Å². The van der Waals surface area contributed by atoms with E-state index in [0.717, 1.165) is 40.5 Å². The zero-order valence-corrected chi connectivity index (χ0v) is 16.7.